The maximum Gasteiger partial charge on any atom is 0.409 e. The Labute approximate surface area is 135 Å². The van der Waals surface area contributed by atoms with Gasteiger partial charge in [0.2, 0.25) is 0 Å². The number of hydrogen-bond donors (Lipinski definition) is 1. The molecule has 1 aliphatic rings. The summed E-state index contributed by atoms with van der Waals surface area (Å²) in [5.41, 5.74) is 0.997. The van der Waals surface area contributed by atoms with E-state index in [0.717, 1.165) is 24.2 Å². The van der Waals surface area contributed by atoms with Gasteiger partial charge in [-0.1, -0.05) is 30.3 Å². The summed E-state index contributed by atoms with van der Waals surface area (Å²) in [7, 11) is 1.42. The number of ether oxygens (including phenoxy) is 1. The van der Waals surface area contributed by atoms with Crippen molar-refractivity contribution in [2.45, 2.75) is 18.9 Å². The van der Waals surface area contributed by atoms with Gasteiger partial charge in [0.05, 0.1) is 7.11 Å². The molecule has 120 valence electrons. The van der Waals surface area contributed by atoms with Crippen LogP contribution in [0.3, 0.4) is 0 Å². The van der Waals surface area contributed by atoms with E-state index in [1.165, 1.54) is 7.11 Å². The van der Waals surface area contributed by atoms with Crippen molar-refractivity contribution in [3.05, 3.63) is 42.6 Å². The standard InChI is InChI=1S/C17H20N4O2/c1-23-17(22)21-11-8-14(9-12-21)19-15-7-10-18-16(20-15)13-5-3-2-4-6-13/h2-7,10,14H,8-9,11-12H2,1H3,(H,18,19,20). The van der Waals surface area contributed by atoms with Gasteiger partial charge in [-0.15, -0.1) is 0 Å². The Morgan fingerprint density at radius 3 is 2.65 bits per heavy atom. The van der Waals surface area contributed by atoms with E-state index in [1.54, 1.807) is 11.1 Å². The minimum absolute atomic E-state index is 0.253. The zero-order valence-corrected chi connectivity index (χ0v) is 13.1. The van der Waals surface area contributed by atoms with Gasteiger partial charge in [-0.2, -0.15) is 0 Å². The Hall–Kier alpha value is -2.63. The monoisotopic (exact) mass is 312 g/mol. The molecular weight excluding hydrogens is 292 g/mol. The minimum Gasteiger partial charge on any atom is -0.453 e. The molecular formula is C17H20N4O2. The summed E-state index contributed by atoms with van der Waals surface area (Å²) < 4.78 is 4.75. The van der Waals surface area contributed by atoms with Gasteiger partial charge in [0.15, 0.2) is 5.82 Å². The maximum absolute atomic E-state index is 11.5. The van der Waals surface area contributed by atoms with Crippen LogP contribution in [0.15, 0.2) is 42.6 Å². The van der Waals surface area contributed by atoms with Gasteiger partial charge in [0.1, 0.15) is 5.82 Å². The highest BCUT2D eigenvalue weighted by Crippen LogP contribution is 2.19. The molecule has 3 rings (SSSR count). The average molecular weight is 312 g/mol. The first-order chi connectivity index (χ1) is 11.3. The normalized spacial score (nSPS) is 15.3. The minimum atomic E-state index is -0.253. The summed E-state index contributed by atoms with van der Waals surface area (Å²) in [6.45, 7) is 1.39. The number of piperidine rings is 1. The molecule has 0 aliphatic carbocycles. The Morgan fingerprint density at radius 1 is 1.22 bits per heavy atom. The predicted octanol–water partition coefficient (Wildman–Crippen LogP) is 2.79. The number of anilines is 1. The molecule has 0 saturated carbocycles. The molecule has 6 heteroatoms. The van der Waals surface area contributed by atoms with E-state index in [4.69, 9.17) is 4.74 Å². The molecule has 0 unspecified atom stereocenters. The molecule has 0 radical (unpaired) electrons. The van der Waals surface area contributed by atoms with Crippen LogP contribution in [0.25, 0.3) is 11.4 Å². The van der Waals surface area contributed by atoms with E-state index in [2.05, 4.69) is 15.3 Å². The van der Waals surface area contributed by atoms with Gasteiger partial charge in [0, 0.05) is 30.9 Å². The van der Waals surface area contributed by atoms with Crippen molar-refractivity contribution < 1.29 is 9.53 Å². The van der Waals surface area contributed by atoms with E-state index in [1.807, 2.05) is 36.4 Å². The van der Waals surface area contributed by atoms with Gasteiger partial charge < -0.3 is 15.0 Å². The first kappa shape index (κ1) is 15.3. The van der Waals surface area contributed by atoms with Crippen molar-refractivity contribution >= 4 is 11.9 Å². The van der Waals surface area contributed by atoms with Crippen molar-refractivity contribution in [3.63, 3.8) is 0 Å². The molecule has 1 N–H and O–H groups in total. The molecule has 23 heavy (non-hydrogen) atoms. The molecule has 1 fully saturated rings. The molecule has 1 amide bonds. The van der Waals surface area contributed by atoms with Crippen LogP contribution in [0.4, 0.5) is 10.6 Å². The lowest BCUT2D eigenvalue weighted by Gasteiger charge is -2.31. The van der Waals surface area contributed by atoms with Crippen molar-refractivity contribution in [1.82, 2.24) is 14.9 Å². The number of benzene rings is 1. The quantitative estimate of drug-likeness (QED) is 0.944. The fourth-order valence-corrected chi connectivity index (χ4v) is 2.71. The third kappa shape index (κ3) is 3.77. The summed E-state index contributed by atoms with van der Waals surface area (Å²) in [4.78, 5) is 22.1. The van der Waals surface area contributed by atoms with Gasteiger partial charge in [-0.3, -0.25) is 0 Å². The molecule has 1 aliphatic heterocycles. The van der Waals surface area contributed by atoms with E-state index < -0.39 is 0 Å². The van der Waals surface area contributed by atoms with Crippen molar-refractivity contribution in [3.8, 4) is 11.4 Å². The molecule has 1 aromatic carbocycles. The molecule has 2 aromatic rings. The summed E-state index contributed by atoms with van der Waals surface area (Å²) >= 11 is 0. The fraction of sp³-hybridized carbons (Fsp3) is 0.353. The number of carbonyl (C=O) groups excluding carboxylic acids is 1. The molecule has 1 aromatic heterocycles. The maximum atomic E-state index is 11.5. The Morgan fingerprint density at radius 2 is 1.96 bits per heavy atom. The number of hydrogen-bond acceptors (Lipinski definition) is 5. The van der Waals surface area contributed by atoms with E-state index in [9.17, 15) is 4.79 Å². The highest BCUT2D eigenvalue weighted by Gasteiger charge is 2.23. The zero-order valence-electron chi connectivity index (χ0n) is 13.1. The van der Waals surface area contributed by atoms with E-state index in [0.29, 0.717) is 25.0 Å². The Bertz CT molecular complexity index is 655. The second kappa shape index (κ2) is 7.09. The third-order valence-electron chi connectivity index (χ3n) is 3.97. The number of carbonyl (C=O) groups is 1. The fourth-order valence-electron chi connectivity index (χ4n) is 2.71. The van der Waals surface area contributed by atoms with Gasteiger partial charge in [-0.25, -0.2) is 14.8 Å². The van der Waals surface area contributed by atoms with Crippen LogP contribution in [-0.4, -0.2) is 47.2 Å². The number of methoxy groups -OCH3 is 1. The van der Waals surface area contributed by atoms with Crippen LogP contribution in [0.1, 0.15) is 12.8 Å². The molecule has 1 saturated heterocycles. The van der Waals surface area contributed by atoms with Gasteiger partial charge >= 0.3 is 6.09 Å². The Balaban J connectivity index is 1.62. The lowest BCUT2D eigenvalue weighted by Crippen LogP contribution is -2.42. The second-order valence-corrected chi connectivity index (χ2v) is 5.51. The second-order valence-electron chi connectivity index (χ2n) is 5.51. The molecule has 6 nitrogen and oxygen atoms in total. The van der Waals surface area contributed by atoms with Crippen LogP contribution in [0, 0.1) is 0 Å². The molecule has 2 heterocycles. The van der Waals surface area contributed by atoms with Gasteiger partial charge in [-0.05, 0) is 18.9 Å². The Kier molecular flexibility index (Phi) is 4.71. The summed E-state index contributed by atoms with van der Waals surface area (Å²) in [5.74, 6) is 1.53. The third-order valence-corrected chi connectivity index (χ3v) is 3.97. The first-order valence-electron chi connectivity index (χ1n) is 7.74. The summed E-state index contributed by atoms with van der Waals surface area (Å²) in [5, 5.41) is 3.44. The smallest absolute Gasteiger partial charge is 0.409 e. The SMILES string of the molecule is COC(=O)N1CCC(Nc2ccnc(-c3ccccc3)n2)CC1. The van der Waals surface area contributed by atoms with Crippen LogP contribution in [0.5, 0.6) is 0 Å². The topological polar surface area (TPSA) is 67.3 Å². The number of aromatic nitrogens is 2. The predicted molar refractivity (Wildman–Crippen MR) is 88.1 cm³/mol. The molecule has 0 bridgehead atoms. The highest BCUT2D eigenvalue weighted by molar-refractivity contribution is 5.67. The number of likely N-dealkylation sites (tertiary alicyclic amines) is 1. The lowest BCUT2D eigenvalue weighted by atomic mass is 10.1. The van der Waals surface area contributed by atoms with Crippen LogP contribution < -0.4 is 5.32 Å². The number of nitrogens with zero attached hydrogens (tertiary/aromatic N) is 3. The summed E-state index contributed by atoms with van der Waals surface area (Å²) in [6.07, 6.45) is 3.26. The van der Waals surface area contributed by atoms with E-state index in [-0.39, 0.29) is 6.09 Å². The number of rotatable bonds is 3. The van der Waals surface area contributed by atoms with Crippen LogP contribution >= 0.6 is 0 Å². The van der Waals surface area contributed by atoms with Crippen LogP contribution in [-0.2, 0) is 4.74 Å². The number of nitrogens with one attached hydrogen (secondary N) is 1. The molecule has 0 atom stereocenters. The van der Waals surface area contributed by atoms with Crippen molar-refractivity contribution in [2.24, 2.45) is 0 Å². The molecule has 0 spiro atoms. The van der Waals surface area contributed by atoms with Crippen molar-refractivity contribution in [1.29, 1.82) is 0 Å². The number of amides is 1. The van der Waals surface area contributed by atoms with Crippen molar-refractivity contribution in [2.75, 3.05) is 25.5 Å². The average Bonchev–Trinajstić information content (AvgIpc) is 2.63. The highest BCUT2D eigenvalue weighted by atomic mass is 16.5. The van der Waals surface area contributed by atoms with Crippen LogP contribution in [0.2, 0.25) is 0 Å². The first-order valence-corrected chi connectivity index (χ1v) is 7.74. The van der Waals surface area contributed by atoms with Gasteiger partial charge in [0.25, 0.3) is 0 Å². The zero-order chi connectivity index (χ0) is 16.1. The lowest BCUT2D eigenvalue weighted by molar-refractivity contribution is 0.113. The summed E-state index contributed by atoms with van der Waals surface area (Å²) in [6, 6.07) is 12.1. The largest absolute Gasteiger partial charge is 0.453 e. The van der Waals surface area contributed by atoms with E-state index >= 15 is 0 Å².